The summed E-state index contributed by atoms with van der Waals surface area (Å²) in [5.74, 6) is -0.126. The van der Waals surface area contributed by atoms with Gasteiger partial charge in [-0.05, 0) is 36.2 Å². The SMILES string of the molecule is CCCOc1ccc(CNC(=O)c2cccc(C(=O)OC)n2)cc1. The first-order valence-corrected chi connectivity index (χ1v) is 7.69. The van der Waals surface area contributed by atoms with Gasteiger partial charge < -0.3 is 14.8 Å². The summed E-state index contributed by atoms with van der Waals surface area (Å²) in [5.41, 5.74) is 1.21. The van der Waals surface area contributed by atoms with E-state index in [1.165, 1.54) is 13.2 Å². The molecule has 1 N–H and O–H groups in total. The van der Waals surface area contributed by atoms with Gasteiger partial charge in [0.1, 0.15) is 17.1 Å². The molecule has 0 saturated carbocycles. The molecule has 6 heteroatoms. The van der Waals surface area contributed by atoms with Crippen molar-refractivity contribution < 1.29 is 19.1 Å². The maximum atomic E-state index is 12.1. The zero-order valence-corrected chi connectivity index (χ0v) is 13.7. The molecule has 2 rings (SSSR count). The number of benzene rings is 1. The van der Waals surface area contributed by atoms with Crippen molar-refractivity contribution in [2.75, 3.05) is 13.7 Å². The van der Waals surface area contributed by atoms with Crippen LogP contribution in [0.15, 0.2) is 42.5 Å². The van der Waals surface area contributed by atoms with Gasteiger partial charge in [-0.25, -0.2) is 9.78 Å². The third kappa shape index (κ3) is 4.81. The topological polar surface area (TPSA) is 77.5 Å². The van der Waals surface area contributed by atoms with E-state index in [1.807, 2.05) is 31.2 Å². The Morgan fingerprint density at radius 3 is 2.46 bits per heavy atom. The van der Waals surface area contributed by atoms with Crippen LogP contribution in [0.2, 0.25) is 0 Å². The number of esters is 1. The minimum absolute atomic E-state index is 0.0996. The maximum Gasteiger partial charge on any atom is 0.356 e. The summed E-state index contributed by atoms with van der Waals surface area (Å²) in [6, 6.07) is 12.2. The highest BCUT2D eigenvalue weighted by atomic mass is 16.5. The highest BCUT2D eigenvalue weighted by molar-refractivity contribution is 5.94. The summed E-state index contributed by atoms with van der Waals surface area (Å²) in [7, 11) is 1.27. The Kier molecular flexibility index (Phi) is 6.31. The minimum atomic E-state index is -0.577. The molecule has 1 amide bonds. The number of carbonyl (C=O) groups excluding carboxylic acids is 2. The Bertz CT molecular complexity index is 698. The van der Waals surface area contributed by atoms with Gasteiger partial charge in [-0.2, -0.15) is 0 Å². The Labute approximate surface area is 140 Å². The molecule has 0 aliphatic heterocycles. The number of nitrogens with one attached hydrogen (secondary N) is 1. The maximum absolute atomic E-state index is 12.1. The molecule has 24 heavy (non-hydrogen) atoms. The van der Waals surface area contributed by atoms with Gasteiger partial charge in [-0.15, -0.1) is 0 Å². The lowest BCUT2D eigenvalue weighted by Gasteiger charge is -2.08. The molecule has 0 spiro atoms. The molecular weight excluding hydrogens is 308 g/mol. The summed E-state index contributed by atoms with van der Waals surface area (Å²) in [5, 5.41) is 2.77. The Hall–Kier alpha value is -2.89. The molecule has 0 radical (unpaired) electrons. The largest absolute Gasteiger partial charge is 0.494 e. The summed E-state index contributed by atoms with van der Waals surface area (Å²) < 4.78 is 10.1. The molecule has 126 valence electrons. The summed E-state index contributed by atoms with van der Waals surface area (Å²) in [6.45, 7) is 3.09. The molecule has 0 unspecified atom stereocenters. The fourth-order valence-corrected chi connectivity index (χ4v) is 1.98. The number of methoxy groups -OCH3 is 1. The van der Waals surface area contributed by atoms with E-state index in [0.717, 1.165) is 17.7 Å². The van der Waals surface area contributed by atoms with Crippen LogP contribution >= 0.6 is 0 Å². The van der Waals surface area contributed by atoms with Crippen LogP contribution in [0.5, 0.6) is 5.75 Å². The summed E-state index contributed by atoms with van der Waals surface area (Å²) in [6.07, 6.45) is 0.954. The molecule has 1 aromatic carbocycles. The molecule has 6 nitrogen and oxygen atoms in total. The normalized spacial score (nSPS) is 10.1. The number of nitrogens with zero attached hydrogens (tertiary/aromatic N) is 1. The quantitative estimate of drug-likeness (QED) is 0.791. The molecule has 0 atom stereocenters. The second-order valence-electron chi connectivity index (χ2n) is 5.07. The van der Waals surface area contributed by atoms with Gasteiger partial charge >= 0.3 is 5.97 Å². The second-order valence-corrected chi connectivity index (χ2v) is 5.07. The second kappa shape index (κ2) is 8.67. The average Bonchev–Trinajstić information content (AvgIpc) is 2.64. The molecule has 2 aromatic rings. The van der Waals surface area contributed by atoms with Crippen molar-refractivity contribution in [2.45, 2.75) is 19.9 Å². The van der Waals surface area contributed by atoms with Crippen molar-refractivity contribution in [3.63, 3.8) is 0 Å². The third-order valence-corrected chi connectivity index (χ3v) is 3.23. The van der Waals surface area contributed by atoms with Gasteiger partial charge in [0.2, 0.25) is 0 Å². The van der Waals surface area contributed by atoms with Crippen molar-refractivity contribution in [1.29, 1.82) is 0 Å². The van der Waals surface area contributed by atoms with E-state index in [9.17, 15) is 9.59 Å². The predicted octanol–water partition coefficient (Wildman–Crippen LogP) is 2.59. The van der Waals surface area contributed by atoms with Crippen LogP contribution in [-0.4, -0.2) is 30.6 Å². The third-order valence-electron chi connectivity index (χ3n) is 3.23. The molecule has 0 saturated heterocycles. The lowest BCUT2D eigenvalue weighted by atomic mass is 10.2. The standard InChI is InChI=1S/C18H20N2O4/c1-3-11-24-14-9-7-13(8-10-14)12-19-17(21)15-5-4-6-16(20-15)18(22)23-2/h4-10H,3,11-12H2,1-2H3,(H,19,21). The molecule has 0 aliphatic carbocycles. The van der Waals surface area contributed by atoms with E-state index in [2.05, 4.69) is 15.0 Å². The number of hydrogen-bond donors (Lipinski definition) is 1. The van der Waals surface area contributed by atoms with Crippen LogP contribution in [0.25, 0.3) is 0 Å². The van der Waals surface area contributed by atoms with Gasteiger partial charge in [0.25, 0.3) is 5.91 Å². The number of rotatable bonds is 7. The van der Waals surface area contributed by atoms with Gasteiger partial charge in [0.15, 0.2) is 0 Å². The van der Waals surface area contributed by atoms with Gasteiger partial charge in [-0.3, -0.25) is 4.79 Å². The van der Waals surface area contributed by atoms with E-state index < -0.39 is 5.97 Å². The van der Waals surface area contributed by atoms with Gasteiger partial charge in [0, 0.05) is 6.54 Å². The van der Waals surface area contributed by atoms with Gasteiger partial charge in [0.05, 0.1) is 13.7 Å². The van der Waals surface area contributed by atoms with Crippen molar-refractivity contribution in [1.82, 2.24) is 10.3 Å². The summed E-state index contributed by atoms with van der Waals surface area (Å²) >= 11 is 0. The zero-order valence-electron chi connectivity index (χ0n) is 13.7. The number of pyridine rings is 1. The van der Waals surface area contributed by atoms with Crippen molar-refractivity contribution in [2.24, 2.45) is 0 Å². The van der Waals surface area contributed by atoms with E-state index in [4.69, 9.17) is 4.74 Å². The number of ether oxygens (including phenoxy) is 2. The van der Waals surface area contributed by atoms with Crippen LogP contribution < -0.4 is 10.1 Å². The highest BCUT2D eigenvalue weighted by Gasteiger charge is 2.12. The lowest BCUT2D eigenvalue weighted by molar-refractivity contribution is 0.0594. The lowest BCUT2D eigenvalue weighted by Crippen LogP contribution is -2.24. The first kappa shape index (κ1) is 17.5. The number of amides is 1. The van der Waals surface area contributed by atoms with Crippen molar-refractivity contribution in [3.8, 4) is 5.75 Å². The van der Waals surface area contributed by atoms with Crippen LogP contribution in [0, 0.1) is 0 Å². The zero-order chi connectivity index (χ0) is 17.4. The fraction of sp³-hybridized carbons (Fsp3) is 0.278. The van der Waals surface area contributed by atoms with Crippen LogP contribution in [0.4, 0.5) is 0 Å². The number of carbonyl (C=O) groups is 2. The Balaban J connectivity index is 1.94. The molecule has 0 aliphatic rings. The van der Waals surface area contributed by atoms with E-state index in [1.54, 1.807) is 12.1 Å². The monoisotopic (exact) mass is 328 g/mol. The highest BCUT2D eigenvalue weighted by Crippen LogP contribution is 2.12. The number of aromatic nitrogens is 1. The van der Waals surface area contributed by atoms with E-state index in [0.29, 0.717) is 13.2 Å². The molecular formula is C18H20N2O4. The van der Waals surface area contributed by atoms with Gasteiger partial charge in [-0.1, -0.05) is 25.1 Å². The fourth-order valence-electron chi connectivity index (χ4n) is 1.98. The van der Waals surface area contributed by atoms with Crippen molar-refractivity contribution in [3.05, 3.63) is 59.4 Å². The molecule has 1 aromatic heterocycles. The minimum Gasteiger partial charge on any atom is -0.494 e. The molecule has 0 bridgehead atoms. The first-order chi connectivity index (χ1) is 11.6. The summed E-state index contributed by atoms with van der Waals surface area (Å²) in [4.78, 5) is 27.6. The Morgan fingerprint density at radius 1 is 1.08 bits per heavy atom. The smallest absolute Gasteiger partial charge is 0.356 e. The average molecular weight is 328 g/mol. The first-order valence-electron chi connectivity index (χ1n) is 7.69. The Morgan fingerprint density at radius 2 is 1.79 bits per heavy atom. The van der Waals surface area contributed by atoms with Crippen LogP contribution in [0.1, 0.15) is 39.9 Å². The predicted molar refractivity (Wildman–Crippen MR) is 89.0 cm³/mol. The van der Waals surface area contributed by atoms with Crippen LogP contribution in [0.3, 0.4) is 0 Å². The van der Waals surface area contributed by atoms with Crippen molar-refractivity contribution >= 4 is 11.9 Å². The number of hydrogen-bond acceptors (Lipinski definition) is 5. The van der Waals surface area contributed by atoms with E-state index >= 15 is 0 Å². The molecule has 0 fully saturated rings. The van der Waals surface area contributed by atoms with E-state index in [-0.39, 0.29) is 17.3 Å². The molecule has 1 heterocycles. The van der Waals surface area contributed by atoms with Crippen LogP contribution in [-0.2, 0) is 11.3 Å².